The van der Waals surface area contributed by atoms with E-state index in [0.717, 1.165) is 10.9 Å². The number of benzene rings is 1. The van der Waals surface area contributed by atoms with Gasteiger partial charge in [-0.15, -0.1) is 0 Å². The summed E-state index contributed by atoms with van der Waals surface area (Å²) in [4.78, 5) is 2.56. The first-order chi connectivity index (χ1) is 9.16. The summed E-state index contributed by atoms with van der Waals surface area (Å²) >= 11 is 3.61. The number of halogens is 1. The third kappa shape index (κ3) is 4.50. The van der Waals surface area contributed by atoms with Crippen molar-refractivity contribution in [1.29, 1.82) is 0 Å². The van der Waals surface area contributed by atoms with Crippen molar-refractivity contribution in [2.45, 2.75) is 51.5 Å². The Hall–Kier alpha value is -0.540. The van der Waals surface area contributed by atoms with Crippen LogP contribution in [0.4, 0.5) is 5.69 Å². The largest absolute Gasteiger partial charge is 0.371 e. The highest BCUT2D eigenvalue weighted by molar-refractivity contribution is 9.10. The molecule has 19 heavy (non-hydrogen) atoms. The van der Waals surface area contributed by atoms with Crippen LogP contribution in [0.1, 0.15) is 44.6 Å². The van der Waals surface area contributed by atoms with E-state index >= 15 is 0 Å². The number of nitrogens with two attached hydrogens (primary N) is 1. The van der Waals surface area contributed by atoms with Gasteiger partial charge in [0.25, 0.3) is 0 Å². The van der Waals surface area contributed by atoms with E-state index in [2.05, 4.69) is 46.0 Å². The quantitative estimate of drug-likeness (QED) is 0.906. The van der Waals surface area contributed by atoms with Crippen LogP contribution in [-0.2, 0) is 6.42 Å². The maximum atomic E-state index is 5.99. The van der Waals surface area contributed by atoms with Crippen LogP contribution in [0.25, 0.3) is 0 Å². The summed E-state index contributed by atoms with van der Waals surface area (Å²) in [6, 6.07) is 6.83. The molecule has 1 aliphatic heterocycles. The van der Waals surface area contributed by atoms with Gasteiger partial charge < -0.3 is 10.6 Å². The van der Waals surface area contributed by atoms with Crippen molar-refractivity contribution in [3.63, 3.8) is 0 Å². The van der Waals surface area contributed by atoms with Gasteiger partial charge in [-0.05, 0) is 43.9 Å². The van der Waals surface area contributed by atoms with Gasteiger partial charge in [0, 0.05) is 29.3 Å². The molecule has 0 radical (unpaired) electrons. The van der Waals surface area contributed by atoms with E-state index in [9.17, 15) is 0 Å². The molecule has 1 aromatic rings. The van der Waals surface area contributed by atoms with E-state index < -0.39 is 0 Å². The van der Waals surface area contributed by atoms with E-state index in [1.807, 2.05) is 0 Å². The minimum absolute atomic E-state index is 0.217. The third-order valence-electron chi connectivity index (χ3n) is 3.79. The van der Waals surface area contributed by atoms with Gasteiger partial charge >= 0.3 is 0 Å². The van der Waals surface area contributed by atoms with E-state index in [1.54, 1.807) is 0 Å². The highest BCUT2D eigenvalue weighted by Crippen LogP contribution is 2.28. The second kappa shape index (κ2) is 7.30. The van der Waals surface area contributed by atoms with Gasteiger partial charge in [0.15, 0.2) is 0 Å². The molecule has 1 aromatic carbocycles. The summed E-state index contributed by atoms with van der Waals surface area (Å²) in [6.45, 7) is 4.45. The standard InChI is InChI=1S/C16H25BrN2/c1-13(18)11-14-7-8-15(17)12-16(14)19-9-5-3-2-4-6-10-19/h7-8,12-13H,2-6,9-11,18H2,1H3. The lowest BCUT2D eigenvalue weighted by atomic mass is 10.0. The first-order valence-corrected chi connectivity index (χ1v) is 8.25. The Labute approximate surface area is 125 Å². The van der Waals surface area contributed by atoms with E-state index in [-0.39, 0.29) is 6.04 Å². The predicted molar refractivity (Wildman–Crippen MR) is 86.8 cm³/mol. The summed E-state index contributed by atoms with van der Waals surface area (Å²) in [5.41, 5.74) is 8.76. The molecule has 2 nitrogen and oxygen atoms in total. The van der Waals surface area contributed by atoms with Crippen LogP contribution < -0.4 is 10.6 Å². The van der Waals surface area contributed by atoms with Crippen molar-refractivity contribution in [2.24, 2.45) is 5.73 Å². The molecule has 0 saturated carbocycles. The molecule has 1 saturated heterocycles. The molecule has 0 spiro atoms. The van der Waals surface area contributed by atoms with Crippen molar-refractivity contribution in [3.05, 3.63) is 28.2 Å². The Morgan fingerprint density at radius 3 is 2.42 bits per heavy atom. The molecule has 1 fully saturated rings. The smallest absolute Gasteiger partial charge is 0.0410 e. The van der Waals surface area contributed by atoms with Crippen LogP contribution in [0, 0.1) is 0 Å². The van der Waals surface area contributed by atoms with Crippen LogP contribution in [-0.4, -0.2) is 19.1 Å². The molecule has 1 unspecified atom stereocenters. The molecule has 1 heterocycles. The Balaban J connectivity index is 2.21. The van der Waals surface area contributed by atoms with Gasteiger partial charge in [-0.3, -0.25) is 0 Å². The fourth-order valence-electron chi connectivity index (χ4n) is 2.84. The zero-order valence-corrected chi connectivity index (χ0v) is 13.5. The van der Waals surface area contributed by atoms with Crippen molar-refractivity contribution in [1.82, 2.24) is 0 Å². The molecular weight excluding hydrogens is 300 g/mol. The Morgan fingerprint density at radius 1 is 1.16 bits per heavy atom. The zero-order chi connectivity index (χ0) is 13.7. The second-order valence-corrected chi connectivity index (χ2v) is 6.62. The lowest BCUT2D eigenvalue weighted by Gasteiger charge is -2.29. The molecule has 1 aliphatic rings. The van der Waals surface area contributed by atoms with Crippen molar-refractivity contribution >= 4 is 21.6 Å². The van der Waals surface area contributed by atoms with Gasteiger partial charge in [-0.1, -0.05) is 41.3 Å². The molecule has 2 N–H and O–H groups in total. The molecule has 0 bridgehead atoms. The molecule has 106 valence electrons. The Morgan fingerprint density at radius 2 is 1.79 bits per heavy atom. The van der Waals surface area contributed by atoms with Crippen molar-refractivity contribution < 1.29 is 0 Å². The van der Waals surface area contributed by atoms with E-state index in [0.29, 0.717) is 0 Å². The number of anilines is 1. The highest BCUT2D eigenvalue weighted by Gasteiger charge is 2.14. The number of nitrogens with zero attached hydrogens (tertiary/aromatic N) is 1. The number of hydrogen-bond acceptors (Lipinski definition) is 2. The third-order valence-corrected chi connectivity index (χ3v) is 4.28. The lowest BCUT2D eigenvalue weighted by molar-refractivity contribution is 0.555. The van der Waals surface area contributed by atoms with Gasteiger partial charge in [0.2, 0.25) is 0 Å². The highest BCUT2D eigenvalue weighted by atomic mass is 79.9. The molecular formula is C16H25BrN2. The fraction of sp³-hybridized carbons (Fsp3) is 0.625. The van der Waals surface area contributed by atoms with Crippen LogP contribution in [0.3, 0.4) is 0 Å². The van der Waals surface area contributed by atoms with Crippen LogP contribution in [0.5, 0.6) is 0 Å². The molecule has 0 aromatic heterocycles. The first kappa shape index (κ1) is 14.9. The number of hydrogen-bond donors (Lipinski definition) is 1. The van der Waals surface area contributed by atoms with Gasteiger partial charge in [-0.2, -0.15) is 0 Å². The molecule has 0 amide bonds. The fourth-order valence-corrected chi connectivity index (χ4v) is 3.19. The van der Waals surface area contributed by atoms with Crippen molar-refractivity contribution in [2.75, 3.05) is 18.0 Å². The summed E-state index contributed by atoms with van der Waals surface area (Å²) in [5, 5.41) is 0. The summed E-state index contributed by atoms with van der Waals surface area (Å²) in [7, 11) is 0. The average molecular weight is 325 g/mol. The SMILES string of the molecule is CC(N)Cc1ccc(Br)cc1N1CCCCCCC1. The molecule has 2 rings (SSSR count). The van der Waals surface area contributed by atoms with Crippen LogP contribution in [0.15, 0.2) is 22.7 Å². The molecule has 1 atom stereocenters. The summed E-state index contributed by atoms with van der Waals surface area (Å²) < 4.78 is 1.16. The van der Waals surface area contributed by atoms with Crippen LogP contribution >= 0.6 is 15.9 Å². The maximum Gasteiger partial charge on any atom is 0.0410 e. The van der Waals surface area contributed by atoms with E-state index in [1.165, 1.54) is 56.4 Å². The molecule has 0 aliphatic carbocycles. The lowest BCUT2D eigenvalue weighted by Crippen LogP contribution is -2.29. The monoisotopic (exact) mass is 324 g/mol. The summed E-state index contributed by atoms with van der Waals surface area (Å²) in [6.07, 6.45) is 7.71. The van der Waals surface area contributed by atoms with Crippen molar-refractivity contribution in [3.8, 4) is 0 Å². The zero-order valence-electron chi connectivity index (χ0n) is 11.9. The second-order valence-electron chi connectivity index (χ2n) is 5.71. The van der Waals surface area contributed by atoms with E-state index in [4.69, 9.17) is 5.73 Å². The van der Waals surface area contributed by atoms with Crippen LogP contribution in [0.2, 0.25) is 0 Å². The first-order valence-electron chi connectivity index (χ1n) is 7.46. The molecule has 3 heteroatoms. The average Bonchev–Trinajstić information content (AvgIpc) is 2.31. The predicted octanol–water partition coefficient (Wildman–Crippen LogP) is 4.11. The minimum Gasteiger partial charge on any atom is -0.371 e. The topological polar surface area (TPSA) is 29.3 Å². The minimum atomic E-state index is 0.217. The normalized spacial score (nSPS) is 18.8. The van der Waals surface area contributed by atoms with Gasteiger partial charge in [-0.25, -0.2) is 0 Å². The van der Waals surface area contributed by atoms with Gasteiger partial charge in [0.05, 0.1) is 0 Å². The Kier molecular flexibility index (Phi) is 5.71. The Bertz CT molecular complexity index is 396. The summed E-state index contributed by atoms with van der Waals surface area (Å²) in [5.74, 6) is 0. The number of rotatable bonds is 3. The maximum absolute atomic E-state index is 5.99. The van der Waals surface area contributed by atoms with Gasteiger partial charge in [0.1, 0.15) is 0 Å².